The van der Waals surface area contributed by atoms with Gasteiger partial charge in [-0.15, -0.1) is 12.4 Å². The van der Waals surface area contributed by atoms with E-state index in [0.29, 0.717) is 0 Å². The lowest BCUT2D eigenvalue weighted by molar-refractivity contribution is -0.144. The number of ether oxygens (including phenoxy) is 2. The third-order valence-electron chi connectivity index (χ3n) is 2.13. The van der Waals surface area contributed by atoms with Crippen LogP contribution >= 0.6 is 12.4 Å². The third kappa shape index (κ3) is 3.96. The van der Waals surface area contributed by atoms with Crippen LogP contribution in [0.15, 0.2) is 0 Å². The van der Waals surface area contributed by atoms with E-state index in [0.717, 1.165) is 25.7 Å². The highest BCUT2D eigenvalue weighted by Crippen LogP contribution is 2.25. The predicted molar refractivity (Wildman–Crippen MR) is 52.3 cm³/mol. The Kier molecular flexibility index (Phi) is 6.28. The number of rotatable bonds is 2. The fourth-order valence-electron chi connectivity index (χ4n) is 1.47. The topological polar surface area (TPSA) is 52.6 Å². The average Bonchev–Trinajstić information content (AvgIpc) is 2.55. The maximum Gasteiger partial charge on any atom is 0.516 e. The number of hydrogen-bond acceptors (Lipinski definition) is 4. The lowest BCUT2D eigenvalue weighted by Gasteiger charge is -2.06. The van der Waals surface area contributed by atoms with Crippen molar-refractivity contribution >= 4 is 24.5 Å². The highest BCUT2D eigenvalue weighted by Gasteiger charge is 2.26. The summed E-state index contributed by atoms with van der Waals surface area (Å²) in [6.07, 6.45) is 2.88. The highest BCUT2D eigenvalue weighted by molar-refractivity contribution is 5.85. The first-order valence-electron chi connectivity index (χ1n) is 4.62. The minimum absolute atomic E-state index is 0. The van der Waals surface area contributed by atoms with E-state index in [-0.39, 0.29) is 24.9 Å². The van der Waals surface area contributed by atoms with E-state index >= 15 is 0 Å². The van der Waals surface area contributed by atoms with Crippen molar-refractivity contribution in [2.45, 2.75) is 32.6 Å². The summed E-state index contributed by atoms with van der Waals surface area (Å²) in [5, 5.41) is 0. The number of halogens is 1. The van der Waals surface area contributed by atoms with Gasteiger partial charge < -0.3 is 9.47 Å². The molecule has 0 heterocycles. The van der Waals surface area contributed by atoms with Gasteiger partial charge in [0.25, 0.3) is 0 Å². The monoisotopic (exact) mass is 222 g/mol. The molecule has 1 saturated carbocycles. The van der Waals surface area contributed by atoms with Crippen molar-refractivity contribution in [2.24, 2.45) is 5.92 Å². The maximum atomic E-state index is 11.2. The van der Waals surface area contributed by atoms with Crippen molar-refractivity contribution in [1.82, 2.24) is 0 Å². The number of carbonyl (C=O) groups is 2. The lowest BCUT2D eigenvalue weighted by atomic mass is 10.1. The molecule has 0 radical (unpaired) electrons. The molecule has 0 spiro atoms. The standard InChI is InChI=1S/C9H14O4.ClH/c1-2-12-9(11)13-8(10)7-5-3-4-6-7;/h7H,2-6H2,1H3;1H. The minimum atomic E-state index is -0.876. The second-order valence-corrected chi connectivity index (χ2v) is 3.09. The molecule has 0 aliphatic heterocycles. The van der Waals surface area contributed by atoms with Crippen molar-refractivity contribution in [3.8, 4) is 0 Å². The van der Waals surface area contributed by atoms with Crippen LogP contribution in [0.5, 0.6) is 0 Å². The van der Waals surface area contributed by atoms with Crippen molar-refractivity contribution in [3.05, 3.63) is 0 Å². The highest BCUT2D eigenvalue weighted by atomic mass is 35.5. The summed E-state index contributed by atoms with van der Waals surface area (Å²) >= 11 is 0. The van der Waals surface area contributed by atoms with E-state index in [9.17, 15) is 9.59 Å². The molecule has 0 aromatic carbocycles. The second-order valence-electron chi connectivity index (χ2n) is 3.09. The molecule has 0 amide bonds. The molecule has 1 aliphatic carbocycles. The Morgan fingerprint density at radius 2 is 1.86 bits per heavy atom. The van der Waals surface area contributed by atoms with Gasteiger partial charge in [-0.3, -0.25) is 4.79 Å². The number of carbonyl (C=O) groups excluding carboxylic acids is 2. The minimum Gasteiger partial charge on any atom is -0.434 e. The predicted octanol–water partition coefficient (Wildman–Crippen LogP) is 2.30. The molecule has 1 rings (SSSR count). The quantitative estimate of drug-likeness (QED) is 0.531. The Hall–Kier alpha value is -0.770. The molecule has 4 nitrogen and oxygen atoms in total. The van der Waals surface area contributed by atoms with Gasteiger partial charge in [-0.25, -0.2) is 4.79 Å². The van der Waals surface area contributed by atoms with Gasteiger partial charge in [-0.2, -0.15) is 0 Å². The van der Waals surface area contributed by atoms with E-state index in [2.05, 4.69) is 9.47 Å². The molecule has 0 aromatic rings. The Bertz CT molecular complexity index is 199. The van der Waals surface area contributed by atoms with Crippen LogP contribution in [0.3, 0.4) is 0 Å². The van der Waals surface area contributed by atoms with Gasteiger partial charge >= 0.3 is 12.1 Å². The van der Waals surface area contributed by atoms with E-state index in [1.165, 1.54) is 0 Å². The maximum absolute atomic E-state index is 11.2. The zero-order valence-corrected chi connectivity index (χ0v) is 8.97. The van der Waals surface area contributed by atoms with Crippen molar-refractivity contribution in [3.63, 3.8) is 0 Å². The molecule has 1 aliphatic rings. The molecule has 0 atom stereocenters. The van der Waals surface area contributed by atoms with Crippen LogP contribution in [-0.2, 0) is 14.3 Å². The normalized spacial score (nSPS) is 15.8. The second kappa shape index (κ2) is 6.65. The Morgan fingerprint density at radius 3 is 2.36 bits per heavy atom. The molecular weight excluding hydrogens is 208 g/mol. The van der Waals surface area contributed by atoms with Crippen molar-refractivity contribution < 1.29 is 19.1 Å². The molecular formula is C9H15ClO4. The molecule has 0 N–H and O–H groups in total. The van der Waals surface area contributed by atoms with Crippen LogP contribution in [0.2, 0.25) is 0 Å². The van der Waals surface area contributed by atoms with E-state index < -0.39 is 12.1 Å². The Labute approximate surface area is 89.4 Å². The molecule has 0 aromatic heterocycles. The molecule has 0 unspecified atom stereocenters. The van der Waals surface area contributed by atoms with Gasteiger partial charge in [0.05, 0.1) is 12.5 Å². The van der Waals surface area contributed by atoms with Gasteiger partial charge in [-0.1, -0.05) is 12.8 Å². The summed E-state index contributed by atoms with van der Waals surface area (Å²) in [5.74, 6) is -0.527. The summed E-state index contributed by atoms with van der Waals surface area (Å²) in [5.41, 5.74) is 0. The van der Waals surface area contributed by atoms with Crippen molar-refractivity contribution in [1.29, 1.82) is 0 Å². The summed E-state index contributed by atoms with van der Waals surface area (Å²) in [6.45, 7) is 1.90. The third-order valence-corrected chi connectivity index (χ3v) is 2.13. The van der Waals surface area contributed by atoms with Crippen LogP contribution in [0, 0.1) is 5.92 Å². The smallest absolute Gasteiger partial charge is 0.434 e. The average molecular weight is 223 g/mol. The molecule has 0 bridgehead atoms. The zero-order chi connectivity index (χ0) is 9.68. The van der Waals surface area contributed by atoms with E-state index in [1.54, 1.807) is 6.92 Å². The van der Waals surface area contributed by atoms with E-state index in [4.69, 9.17) is 0 Å². The summed E-state index contributed by atoms with van der Waals surface area (Å²) in [4.78, 5) is 22.0. The fourth-order valence-corrected chi connectivity index (χ4v) is 1.47. The van der Waals surface area contributed by atoms with Gasteiger partial charge in [0.2, 0.25) is 0 Å². The van der Waals surface area contributed by atoms with E-state index in [1.807, 2.05) is 0 Å². The van der Waals surface area contributed by atoms with Gasteiger partial charge in [0.15, 0.2) is 0 Å². The van der Waals surface area contributed by atoms with Crippen LogP contribution in [0.25, 0.3) is 0 Å². The molecule has 0 saturated heterocycles. The molecule has 14 heavy (non-hydrogen) atoms. The largest absolute Gasteiger partial charge is 0.516 e. The first-order chi connectivity index (χ1) is 6.24. The van der Waals surface area contributed by atoms with Crippen LogP contribution in [0.1, 0.15) is 32.6 Å². The Balaban J connectivity index is 0.00000169. The summed E-state index contributed by atoms with van der Waals surface area (Å²) in [7, 11) is 0. The van der Waals surface area contributed by atoms with Crippen LogP contribution in [0.4, 0.5) is 4.79 Å². The molecule has 82 valence electrons. The van der Waals surface area contributed by atoms with Crippen molar-refractivity contribution in [2.75, 3.05) is 6.61 Å². The van der Waals surface area contributed by atoms with Crippen LogP contribution in [-0.4, -0.2) is 18.7 Å². The van der Waals surface area contributed by atoms with Gasteiger partial charge in [-0.05, 0) is 19.8 Å². The molecule has 5 heteroatoms. The Morgan fingerprint density at radius 1 is 1.29 bits per heavy atom. The zero-order valence-electron chi connectivity index (χ0n) is 8.15. The summed E-state index contributed by atoms with van der Waals surface area (Å²) < 4.78 is 8.96. The number of hydrogen-bond donors (Lipinski definition) is 0. The SMILES string of the molecule is CCOC(=O)OC(=O)C1CCCC1.Cl. The fraction of sp³-hybridized carbons (Fsp3) is 0.778. The van der Waals surface area contributed by atoms with Gasteiger partial charge in [0, 0.05) is 0 Å². The van der Waals surface area contributed by atoms with Gasteiger partial charge in [0.1, 0.15) is 0 Å². The lowest BCUT2D eigenvalue weighted by Crippen LogP contribution is -2.19. The number of esters is 1. The van der Waals surface area contributed by atoms with Crippen LogP contribution < -0.4 is 0 Å². The first kappa shape index (κ1) is 13.2. The summed E-state index contributed by atoms with van der Waals surface area (Å²) in [6, 6.07) is 0. The molecule has 1 fully saturated rings. The first-order valence-corrected chi connectivity index (χ1v) is 4.62.